The Hall–Kier alpha value is -2.14. The number of carboxylic acid groups (broad SMARTS) is 1. The van der Waals surface area contributed by atoms with Gasteiger partial charge in [-0.2, -0.15) is 13.2 Å². The van der Waals surface area contributed by atoms with Crippen LogP contribution in [0.3, 0.4) is 0 Å². The van der Waals surface area contributed by atoms with Crippen LogP contribution < -0.4 is 5.32 Å². The summed E-state index contributed by atoms with van der Waals surface area (Å²) in [6.07, 6.45) is -2.82. The van der Waals surface area contributed by atoms with Gasteiger partial charge in [-0.25, -0.2) is 4.79 Å². The first-order valence-electron chi connectivity index (χ1n) is 9.30. The molecule has 1 amide bonds. The fourth-order valence-corrected chi connectivity index (χ4v) is 3.69. The number of halogens is 3. The Balaban J connectivity index is 0.000000370. The van der Waals surface area contributed by atoms with Crippen molar-refractivity contribution in [3.8, 4) is 0 Å². The van der Waals surface area contributed by atoms with E-state index in [1.165, 1.54) is 5.56 Å². The van der Waals surface area contributed by atoms with E-state index < -0.39 is 12.1 Å². The van der Waals surface area contributed by atoms with Gasteiger partial charge in [0.2, 0.25) is 5.91 Å². The van der Waals surface area contributed by atoms with E-state index in [4.69, 9.17) is 19.2 Å². The summed E-state index contributed by atoms with van der Waals surface area (Å²) in [6, 6.07) is 0. The van der Waals surface area contributed by atoms with Crippen molar-refractivity contribution in [2.45, 2.75) is 45.5 Å². The van der Waals surface area contributed by atoms with Crippen molar-refractivity contribution in [1.82, 2.24) is 15.4 Å². The number of carbonyl (C=O) groups is 2. The van der Waals surface area contributed by atoms with Crippen LogP contribution in [0.1, 0.15) is 29.9 Å². The van der Waals surface area contributed by atoms with E-state index in [0.717, 1.165) is 43.9 Å². The van der Waals surface area contributed by atoms with E-state index in [1.807, 2.05) is 13.8 Å². The molecule has 2 N–H and O–H groups in total. The lowest BCUT2D eigenvalue weighted by atomic mass is 9.83. The van der Waals surface area contributed by atoms with Crippen LogP contribution in [-0.2, 0) is 20.9 Å². The Morgan fingerprint density at radius 1 is 1.34 bits per heavy atom. The fraction of sp³-hybridized carbons (Fsp3) is 0.722. The van der Waals surface area contributed by atoms with E-state index in [9.17, 15) is 18.0 Å². The summed E-state index contributed by atoms with van der Waals surface area (Å²) >= 11 is 0. The van der Waals surface area contributed by atoms with Crippen LogP contribution >= 0.6 is 0 Å². The Labute approximate surface area is 166 Å². The zero-order valence-corrected chi connectivity index (χ0v) is 16.6. The van der Waals surface area contributed by atoms with Crippen molar-refractivity contribution in [3.05, 3.63) is 17.0 Å². The van der Waals surface area contributed by atoms with E-state index in [1.54, 1.807) is 7.05 Å². The van der Waals surface area contributed by atoms with Gasteiger partial charge in [-0.15, -0.1) is 0 Å². The monoisotopic (exact) mass is 421 g/mol. The van der Waals surface area contributed by atoms with E-state index in [0.29, 0.717) is 18.6 Å². The average Bonchev–Trinajstić information content (AvgIpc) is 2.98. The number of aliphatic carboxylic acids is 1. The smallest absolute Gasteiger partial charge is 0.475 e. The number of fused-ring (bicyclic) bond motifs is 1. The zero-order chi connectivity index (χ0) is 21.8. The number of hydrogen-bond donors (Lipinski definition) is 2. The molecule has 3 heterocycles. The predicted molar refractivity (Wildman–Crippen MR) is 95.0 cm³/mol. The average molecular weight is 421 g/mol. The second-order valence-electron chi connectivity index (χ2n) is 7.31. The number of hydrogen-bond acceptors (Lipinski definition) is 6. The minimum Gasteiger partial charge on any atom is -0.475 e. The number of ether oxygens (including phenoxy) is 1. The predicted octanol–water partition coefficient (Wildman–Crippen LogP) is 1.90. The molecule has 3 rings (SSSR count). The minimum absolute atomic E-state index is 0.00901. The second kappa shape index (κ2) is 9.57. The van der Waals surface area contributed by atoms with Crippen LogP contribution in [0.25, 0.3) is 0 Å². The number of aryl methyl sites for hydroxylation is 2. The molecule has 1 aromatic heterocycles. The first-order chi connectivity index (χ1) is 13.5. The lowest BCUT2D eigenvalue weighted by Crippen LogP contribution is -2.50. The van der Waals surface area contributed by atoms with Gasteiger partial charge in [-0.3, -0.25) is 9.69 Å². The van der Waals surface area contributed by atoms with Gasteiger partial charge in [0.1, 0.15) is 5.76 Å². The van der Waals surface area contributed by atoms with Crippen LogP contribution in [0.4, 0.5) is 13.2 Å². The summed E-state index contributed by atoms with van der Waals surface area (Å²) in [5.74, 6) is -1.33. The number of carboxylic acids is 1. The lowest BCUT2D eigenvalue weighted by Gasteiger charge is -2.43. The molecule has 0 spiro atoms. The molecule has 0 unspecified atom stereocenters. The number of amides is 1. The molecule has 2 saturated heterocycles. The maximum absolute atomic E-state index is 11.8. The molecular formula is C18H26F3N3O5. The van der Waals surface area contributed by atoms with Crippen molar-refractivity contribution in [3.63, 3.8) is 0 Å². The van der Waals surface area contributed by atoms with Crippen LogP contribution in [0, 0.1) is 25.7 Å². The highest BCUT2D eigenvalue weighted by Crippen LogP contribution is 2.32. The number of nitrogens with one attached hydrogen (secondary N) is 1. The summed E-state index contributed by atoms with van der Waals surface area (Å²) in [5.41, 5.74) is 2.17. The molecular weight excluding hydrogens is 395 g/mol. The number of piperidine rings is 1. The van der Waals surface area contributed by atoms with Gasteiger partial charge in [-0.1, -0.05) is 5.16 Å². The molecule has 2 aliphatic rings. The SMILES string of the molecule is CNC(=O)[C@H]1CO[C@H]2CCN(Cc3c(C)noc3C)C[C@H]2C1.O=C(O)C(F)(F)F. The largest absolute Gasteiger partial charge is 0.490 e. The number of rotatable bonds is 3. The van der Waals surface area contributed by atoms with Crippen molar-refractivity contribution in [2.75, 3.05) is 26.7 Å². The van der Waals surface area contributed by atoms with Gasteiger partial charge >= 0.3 is 12.1 Å². The van der Waals surface area contributed by atoms with Crippen LogP contribution in [0.2, 0.25) is 0 Å². The van der Waals surface area contributed by atoms with Gasteiger partial charge < -0.3 is 19.7 Å². The highest BCUT2D eigenvalue weighted by atomic mass is 19.4. The lowest BCUT2D eigenvalue weighted by molar-refractivity contribution is -0.192. The number of alkyl halides is 3. The van der Waals surface area contributed by atoms with Crippen molar-refractivity contribution in [1.29, 1.82) is 0 Å². The van der Waals surface area contributed by atoms with Crippen LogP contribution in [0.5, 0.6) is 0 Å². The molecule has 0 radical (unpaired) electrons. The number of likely N-dealkylation sites (tertiary alicyclic amines) is 1. The van der Waals surface area contributed by atoms with E-state index in [2.05, 4.69) is 15.4 Å². The highest BCUT2D eigenvalue weighted by Gasteiger charge is 2.39. The highest BCUT2D eigenvalue weighted by molar-refractivity contribution is 5.78. The molecule has 8 nitrogen and oxygen atoms in total. The standard InChI is InChI=1S/C16H25N3O3.C2HF3O2/c1-10-14(11(2)22-18-10)8-19-5-4-15-12(7-19)6-13(9-21-15)16(20)17-3;3-2(4,5)1(6)7/h12-13,15H,4-9H2,1-3H3,(H,17,20);(H,6,7)/t12-,13-,15+;/m1./s1. The maximum atomic E-state index is 11.8. The summed E-state index contributed by atoms with van der Waals surface area (Å²) in [7, 11) is 1.69. The van der Waals surface area contributed by atoms with Crippen LogP contribution in [0.15, 0.2) is 4.52 Å². The topological polar surface area (TPSA) is 105 Å². The van der Waals surface area contributed by atoms with E-state index in [-0.39, 0.29) is 11.8 Å². The van der Waals surface area contributed by atoms with Crippen molar-refractivity contribution >= 4 is 11.9 Å². The van der Waals surface area contributed by atoms with Gasteiger partial charge in [-0.05, 0) is 32.6 Å². The molecule has 1 aromatic rings. The number of nitrogens with zero attached hydrogens (tertiary/aromatic N) is 2. The Morgan fingerprint density at radius 3 is 2.52 bits per heavy atom. The molecule has 2 aliphatic heterocycles. The Kier molecular flexibility index (Phi) is 7.64. The summed E-state index contributed by atoms with van der Waals surface area (Å²) < 4.78 is 42.9. The third kappa shape index (κ3) is 6.17. The molecule has 0 aliphatic carbocycles. The molecule has 0 saturated carbocycles. The van der Waals surface area contributed by atoms with E-state index >= 15 is 0 Å². The first-order valence-corrected chi connectivity index (χ1v) is 9.30. The van der Waals surface area contributed by atoms with Gasteiger partial charge in [0.25, 0.3) is 0 Å². The van der Waals surface area contributed by atoms with Crippen LogP contribution in [-0.4, -0.2) is 66.1 Å². The third-order valence-corrected chi connectivity index (χ3v) is 5.27. The Bertz CT molecular complexity index is 703. The molecule has 2 fully saturated rings. The zero-order valence-electron chi connectivity index (χ0n) is 16.6. The molecule has 29 heavy (non-hydrogen) atoms. The first kappa shape index (κ1) is 23.1. The van der Waals surface area contributed by atoms with Gasteiger partial charge in [0.15, 0.2) is 0 Å². The molecule has 11 heteroatoms. The quantitative estimate of drug-likeness (QED) is 0.768. The Morgan fingerprint density at radius 2 is 2.00 bits per heavy atom. The molecule has 0 aromatic carbocycles. The van der Waals surface area contributed by atoms with Gasteiger partial charge in [0, 0.05) is 32.2 Å². The molecule has 0 bridgehead atoms. The summed E-state index contributed by atoms with van der Waals surface area (Å²) in [4.78, 5) is 23.2. The minimum atomic E-state index is -5.08. The fourth-order valence-electron chi connectivity index (χ4n) is 3.69. The third-order valence-electron chi connectivity index (χ3n) is 5.27. The molecule has 164 valence electrons. The number of carbonyl (C=O) groups excluding carboxylic acids is 1. The maximum Gasteiger partial charge on any atom is 0.490 e. The second-order valence-corrected chi connectivity index (χ2v) is 7.31. The van der Waals surface area contributed by atoms with Gasteiger partial charge in [0.05, 0.1) is 24.3 Å². The summed E-state index contributed by atoms with van der Waals surface area (Å²) in [5, 5.41) is 13.9. The number of aromatic nitrogens is 1. The normalized spacial score (nSPS) is 24.8. The molecule has 3 atom stereocenters. The van der Waals surface area contributed by atoms with Crippen molar-refractivity contribution < 1.29 is 37.1 Å². The summed E-state index contributed by atoms with van der Waals surface area (Å²) in [6.45, 7) is 7.38. The van der Waals surface area contributed by atoms with Crippen molar-refractivity contribution in [2.24, 2.45) is 11.8 Å².